The quantitative estimate of drug-likeness (QED) is 0.701. The van der Waals surface area contributed by atoms with E-state index in [0.29, 0.717) is 55.6 Å². The van der Waals surface area contributed by atoms with Gasteiger partial charge in [0, 0.05) is 51.9 Å². The third kappa shape index (κ3) is 3.38. The summed E-state index contributed by atoms with van der Waals surface area (Å²) < 4.78 is 5.26. The summed E-state index contributed by atoms with van der Waals surface area (Å²) in [5, 5.41) is 0.827. The molecule has 164 valence electrons. The van der Waals surface area contributed by atoms with E-state index in [-0.39, 0.29) is 17.7 Å². The van der Waals surface area contributed by atoms with Gasteiger partial charge in [0.15, 0.2) is 0 Å². The summed E-state index contributed by atoms with van der Waals surface area (Å²) in [4.78, 5) is 48.1. The number of nitrogens with zero attached hydrogens (tertiary/aromatic N) is 4. The van der Waals surface area contributed by atoms with Crippen LogP contribution in [0.15, 0.2) is 29.0 Å². The third-order valence-corrected chi connectivity index (χ3v) is 7.22. The Kier molecular flexibility index (Phi) is 4.75. The van der Waals surface area contributed by atoms with Crippen molar-refractivity contribution in [3.05, 3.63) is 30.2 Å². The molecule has 0 N–H and O–H groups in total. The van der Waals surface area contributed by atoms with Crippen LogP contribution in [0.3, 0.4) is 0 Å². The fourth-order valence-corrected chi connectivity index (χ4v) is 5.25. The first kappa shape index (κ1) is 20.0. The lowest BCUT2D eigenvalue weighted by atomic mass is 9.91. The molecule has 2 saturated heterocycles. The summed E-state index contributed by atoms with van der Waals surface area (Å²) >= 11 is 0. The average Bonchev–Trinajstić information content (AvgIpc) is 3.17. The third-order valence-electron chi connectivity index (χ3n) is 7.22. The molecule has 4 heterocycles. The molecule has 3 amide bonds. The minimum Gasteiger partial charge on any atom is -0.446 e. The van der Waals surface area contributed by atoms with Crippen molar-refractivity contribution in [2.75, 3.05) is 40.3 Å². The van der Waals surface area contributed by atoms with E-state index in [1.54, 1.807) is 26.6 Å². The molecule has 0 radical (unpaired) electrons. The maximum Gasteiger partial charge on any atom is 0.255 e. The van der Waals surface area contributed by atoms with E-state index in [1.165, 1.54) is 4.90 Å². The van der Waals surface area contributed by atoms with Gasteiger partial charge in [-0.3, -0.25) is 14.4 Å². The smallest absolute Gasteiger partial charge is 0.255 e. The van der Waals surface area contributed by atoms with Crippen LogP contribution in [0.25, 0.3) is 11.1 Å². The average molecular weight is 425 g/mol. The molecule has 2 unspecified atom stereocenters. The second kappa shape index (κ2) is 7.35. The lowest BCUT2D eigenvalue weighted by Crippen LogP contribution is -2.44. The lowest BCUT2D eigenvalue weighted by Gasteiger charge is -2.25. The van der Waals surface area contributed by atoms with Crippen LogP contribution in [0, 0.1) is 17.3 Å². The zero-order valence-corrected chi connectivity index (χ0v) is 18.0. The minimum atomic E-state index is -0.811. The van der Waals surface area contributed by atoms with E-state index in [2.05, 4.69) is 4.98 Å². The van der Waals surface area contributed by atoms with Gasteiger partial charge in [0.05, 0.1) is 11.8 Å². The highest BCUT2D eigenvalue weighted by molar-refractivity contribution is 6.07. The molecule has 8 heteroatoms. The summed E-state index contributed by atoms with van der Waals surface area (Å²) in [6.45, 7) is 2.82. The van der Waals surface area contributed by atoms with Gasteiger partial charge in [0.25, 0.3) is 5.91 Å². The second-order valence-electron chi connectivity index (χ2n) is 9.42. The van der Waals surface area contributed by atoms with E-state index in [9.17, 15) is 14.4 Å². The minimum absolute atomic E-state index is 0.000816. The number of rotatable bonds is 4. The normalized spacial score (nSPS) is 24.6. The standard InChI is InChI=1S/C23H28N4O4/c1-25(2)21(29)23(6-7-23)22(30)27-9-4-17(14-27)16-3-8-26(13-16)20(28)18-11-15-5-10-31-19(15)24-12-18/h5,10-12,16-17H,3-4,6-9,13-14H2,1-2H3. The van der Waals surface area contributed by atoms with Crippen LogP contribution in [0.2, 0.25) is 0 Å². The molecule has 2 aliphatic heterocycles. The molecule has 0 spiro atoms. The molecule has 31 heavy (non-hydrogen) atoms. The van der Waals surface area contributed by atoms with E-state index in [0.717, 1.165) is 24.8 Å². The molecule has 2 aromatic rings. The van der Waals surface area contributed by atoms with Crippen molar-refractivity contribution in [1.82, 2.24) is 19.7 Å². The maximum absolute atomic E-state index is 13.1. The van der Waals surface area contributed by atoms with Gasteiger partial charge in [-0.25, -0.2) is 4.98 Å². The van der Waals surface area contributed by atoms with Crippen LogP contribution in [-0.4, -0.2) is 77.7 Å². The van der Waals surface area contributed by atoms with Crippen molar-refractivity contribution in [2.45, 2.75) is 25.7 Å². The number of aromatic nitrogens is 1. The zero-order chi connectivity index (χ0) is 21.8. The monoisotopic (exact) mass is 424 g/mol. The van der Waals surface area contributed by atoms with Gasteiger partial charge in [-0.2, -0.15) is 0 Å². The summed E-state index contributed by atoms with van der Waals surface area (Å²) in [6, 6.07) is 3.64. The Labute approximate surface area is 181 Å². The molecule has 3 aliphatic rings. The molecule has 0 aromatic carbocycles. The Bertz CT molecular complexity index is 1040. The summed E-state index contributed by atoms with van der Waals surface area (Å²) in [7, 11) is 3.43. The number of furan rings is 1. The molecular formula is C23H28N4O4. The number of hydrogen-bond donors (Lipinski definition) is 0. The van der Waals surface area contributed by atoms with E-state index >= 15 is 0 Å². The van der Waals surface area contributed by atoms with Gasteiger partial charge in [-0.1, -0.05) is 0 Å². The Morgan fingerprint density at radius 2 is 1.77 bits per heavy atom. The Morgan fingerprint density at radius 1 is 1.10 bits per heavy atom. The van der Waals surface area contributed by atoms with E-state index in [4.69, 9.17) is 4.42 Å². The van der Waals surface area contributed by atoms with Gasteiger partial charge < -0.3 is 19.1 Å². The number of likely N-dealkylation sites (tertiary alicyclic amines) is 2. The van der Waals surface area contributed by atoms with E-state index in [1.807, 2.05) is 21.9 Å². The van der Waals surface area contributed by atoms with E-state index < -0.39 is 5.41 Å². The molecule has 5 rings (SSSR count). The molecule has 3 fully saturated rings. The topological polar surface area (TPSA) is 87.0 Å². The van der Waals surface area contributed by atoms with Gasteiger partial charge in [-0.15, -0.1) is 0 Å². The fourth-order valence-electron chi connectivity index (χ4n) is 5.25. The number of carbonyl (C=O) groups excluding carboxylic acids is 3. The van der Waals surface area contributed by atoms with Crippen LogP contribution in [-0.2, 0) is 9.59 Å². The van der Waals surface area contributed by atoms with Gasteiger partial charge in [0.1, 0.15) is 5.41 Å². The molecule has 8 nitrogen and oxygen atoms in total. The van der Waals surface area contributed by atoms with Crippen LogP contribution in [0.5, 0.6) is 0 Å². The molecular weight excluding hydrogens is 396 g/mol. The van der Waals surface area contributed by atoms with Gasteiger partial charge in [-0.05, 0) is 49.7 Å². The van der Waals surface area contributed by atoms with Crippen LogP contribution in [0.1, 0.15) is 36.0 Å². The molecule has 0 bridgehead atoms. The number of pyridine rings is 1. The highest BCUT2D eigenvalue weighted by Crippen LogP contribution is 2.49. The lowest BCUT2D eigenvalue weighted by molar-refractivity contribution is -0.147. The highest BCUT2D eigenvalue weighted by atomic mass is 16.3. The van der Waals surface area contributed by atoms with Crippen LogP contribution >= 0.6 is 0 Å². The van der Waals surface area contributed by atoms with Crippen molar-refractivity contribution in [2.24, 2.45) is 17.3 Å². The van der Waals surface area contributed by atoms with Crippen molar-refractivity contribution in [3.63, 3.8) is 0 Å². The maximum atomic E-state index is 13.1. The van der Waals surface area contributed by atoms with Crippen LogP contribution in [0.4, 0.5) is 0 Å². The number of carbonyl (C=O) groups is 3. The Morgan fingerprint density at radius 3 is 2.45 bits per heavy atom. The second-order valence-corrected chi connectivity index (χ2v) is 9.42. The first-order valence-corrected chi connectivity index (χ1v) is 11.0. The number of hydrogen-bond acceptors (Lipinski definition) is 5. The Balaban J connectivity index is 1.20. The first-order valence-electron chi connectivity index (χ1n) is 11.0. The molecule has 1 saturated carbocycles. The molecule has 1 aliphatic carbocycles. The predicted molar refractivity (Wildman–Crippen MR) is 113 cm³/mol. The first-order chi connectivity index (χ1) is 14.9. The van der Waals surface area contributed by atoms with Crippen molar-refractivity contribution < 1.29 is 18.8 Å². The summed E-state index contributed by atoms with van der Waals surface area (Å²) in [6.07, 6.45) is 6.35. The van der Waals surface area contributed by atoms with Crippen molar-refractivity contribution in [1.29, 1.82) is 0 Å². The number of fused-ring (bicyclic) bond motifs is 1. The Hall–Kier alpha value is -2.90. The molecule has 2 atom stereocenters. The summed E-state index contributed by atoms with van der Waals surface area (Å²) in [5.41, 5.74) is 0.304. The summed E-state index contributed by atoms with van der Waals surface area (Å²) in [5.74, 6) is 0.687. The van der Waals surface area contributed by atoms with Gasteiger partial charge >= 0.3 is 0 Å². The largest absolute Gasteiger partial charge is 0.446 e. The predicted octanol–water partition coefficient (Wildman–Crippen LogP) is 2.01. The zero-order valence-electron chi connectivity index (χ0n) is 18.0. The fraction of sp³-hybridized carbons (Fsp3) is 0.565. The van der Waals surface area contributed by atoms with Gasteiger partial charge in [0.2, 0.25) is 17.5 Å². The van der Waals surface area contributed by atoms with Crippen molar-refractivity contribution >= 4 is 28.8 Å². The SMILES string of the molecule is CN(C)C(=O)C1(C(=O)N2CCC(C3CCN(C(=O)c4cnc5occc5c4)C3)C2)CC1. The number of amides is 3. The van der Waals surface area contributed by atoms with Crippen LogP contribution < -0.4 is 0 Å². The van der Waals surface area contributed by atoms with Crippen molar-refractivity contribution in [3.8, 4) is 0 Å². The highest BCUT2D eigenvalue weighted by Gasteiger charge is 2.59. The molecule has 2 aromatic heterocycles.